The minimum atomic E-state index is 0. The normalized spacial score (nSPS) is 30.1. The fraction of sp³-hybridized carbons (Fsp3) is 0.667. The highest BCUT2D eigenvalue weighted by molar-refractivity contribution is 5.85. The van der Waals surface area contributed by atoms with Crippen molar-refractivity contribution in [3.63, 3.8) is 0 Å². The third kappa shape index (κ3) is 3.84. The summed E-state index contributed by atoms with van der Waals surface area (Å²) in [6.07, 6.45) is 4.48. The number of ether oxygens (including phenoxy) is 1. The standard InChI is InChI=1S/C15H23N3O.ClH/c1-15(6-8-16-11-15)12-18-9-5-13(10-18)19-14-4-2-3-7-17-14;/h2-4,7,13,16H,5-6,8-12H2,1H3;1H. The summed E-state index contributed by atoms with van der Waals surface area (Å²) in [5.41, 5.74) is 0.444. The molecule has 2 saturated heterocycles. The molecule has 1 aromatic rings. The van der Waals surface area contributed by atoms with Crippen molar-refractivity contribution in [2.24, 2.45) is 5.41 Å². The van der Waals surface area contributed by atoms with Gasteiger partial charge in [0.15, 0.2) is 0 Å². The summed E-state index contributed by atoms with van der Waals surface area (Å²) >= 11 is 0. The molecule has 2 aliphatic rings. The fourth-order valence-electron chi connectivity index (χ4n) is 3.17. The lowest BCUT2D eigenvalue weighted by molar-refractivity contribution is 0.165. The van der Waals surface area contributed by atoms with E-state index in [2.05, 4.69) is 22.1 Å². The van der Waals surface area contributed by atoms with Gasteiger partial charge in [0.25, 0.3) is 0 Å². The minimum Gasteiger partial charge on any atom is -0.473 e. The molecule has 2 aliphatic heterocycles. The minimum absolute atomic E-state index is 0. The van der Waals surface area contributed by atoms with Crippen molar-refractivity contribution in [2.75, 3.05) is 32.7 Å². The van der Waals surface area contributed by atoms with E-state index < -0.39 is 0 Å². The molecule has 0 aromatic carbocycles. The lowest BCUT2D eigenvalue weighted by atomic mass is 9.89. The highest BCUT2D eigenvalue weighted by Crippen LogP contribution is 2.27. The first-order valence-electron chi connectivity index (χ1n) is 7.24. The van der Waals surface area contributed by atoms with Crippen LogP contribution in [0.4, 0.5) is 0 Å². The number of nitrogens with one attached hydrogen (secondary N) is 1. The van der Waals surface area contributed by atoms with Crippen LogP contribution in [0, 0.1) is 5.41 Å². The molecule has 2 unspecified atom stereocenters. The van der Waals surface area contributed by atoms with Crippen molar-refractivity contribution >= 4 is 12.4 Å². The van der Waals surface area contributed by atoms with Crippen molar-refractivity contribution < 1.29 is 4.74 Å². The van der Waals surface area contributed by atoms with E-state index in [1.807, 2.05) is 18.2 Å². The lowest BCUT2D eigenvalue weighted by Crippen LogP contribution is -2.37. The average molecular weight is 298 g/mol. The van der Waals surface area contributed by atoms with Crippen LogP contribution in [0.15, 0.2) is 24.4 Å². The first-order valence-corrected chi connectivity index (χ1v) is 7.24. The molecular formula is C15H24ClN3O. The number of likely N-dealkylation sites (tertiary alicyclic amines) is 1. The molecule has 0 saturated carbocycles. The Bertz CT molecular complexity index is 409. The van der Waals surface area contributed by atoms with Crippen LogP contribution in [0.2, 0.25) is 0 Å². The third-order valence-electron chi connectivity index (χ3n) is 4.22. The van der Waals surface area contributed by atoms with Crippen LogP contribution in [0.1, 0.15) is 19.8 Å². The molecule has 5 heteroatoms. The Balaban J connectivity index is 0.00000147. The second-order valence-electron chi connectivity index (χ2n) is 6.17. The van der Waals surface area contributed by atoms with Gasteiger partial charge in [-0.15, -0.1) is 12.4 Å². The summed E-state index contributed by atoms with van der Waals surface area (Å²) in [4.78, 5) is 6.78. The summed E-state index contributed by atoms with van der Waals surface area (Å²) in [6.45, 7) is 8.06. The lowest BCUT2D eigenvalue weighted by Gasteiger charge is -2.28. The van der Waals surface area contributed by atoms with Gasteiger partial charge in [0.1, 0.15) is 6.10 Å². The number of hydrogen-bond donors (Lipinski definition) is 1. The van der Waals surface area contributed by atoms with Crippen molar-refractivity contribution in [1.29, 1.82) is 0 Å². The van der Waals surface area contributed by atoms with Gasteiger partial charge >= 0.3 is 0 Å². The number of halogens is 1. The molecule has 3 rings (SSSR count). The molecule has 1 N–H and O–H groups in total. The first-order chi connectivity index (χ1) is 9.23. The van der Waals surface area contributed by atoms with Gasteiger partial charge in [-0.25, -0.2) is 4.98 Å². The Morgan fingerprint density at radius 3 is 3.10 bits per heavy atom. The van der Waals surface area contributed by atoms with Crippen molar-refractivity contribution in [3.8, 4) is 5.88 Å². The Morgan fingerprint density at radius 2 is 2.40 bits per heavy atom. The van der Waals surface area contributed by atoms with E-state index in [4.69, 9.17) is 4.74 Å². The van der Waals surface area contributed by atoms with Gasteiger partial charge in [0.2, 0.25) is 5.88 Å². The van der Waals surface area contributed by atoms with Crippen LogP contribution in [-0.2, 0) is 0 Å². The number of pyridine rings is 1. The molecule has 0 aliphatic carbocycles. The summed E-state index contributed by atoms with van der Waals surface area (Å²) in [6, 6.07) is 5.83. The maximum absolute atomic E-state index is 5.93. The van der Waals surface area contributed by atoms with Crippen molar-refractivity contribution in [3.05, 3.63) is 24.4 Å². The van der Waals surface area contributed by atoms with Crippen LogP contribution in [0.3, 0.4) is 0 Å². The zero-order valence-electron chi connectivity index (χ0n) is 12.0. The first kappa shape index (κ1) is 15.5. The van der Waals surface area contributed by atoms with E-state index in [0.717, 1.165) is 38.5 Å². The second kappa shape index (κ2) is 6.74. The van der Waals surface area contributed by atoms with E-state index >= 15 is 0 Å². The highest BCUT2D eigenvalue weighted by Gasteiger charge is 2.34. The van der Waals surface area contributed by atoms with Crippen molar-refractivity contribution in [1.82, 2.24) is 15.2 Å². The molecular weight excluding hydrogens is 274 g/mol. The highest BCUT2D eigenvalue weighted by atomic mass is 35.5. The van der Waals surface area contributed by atoms with Crippen LogP contribution in [0.5, 0.6) is 5.88 Å². The monoisotopic (exact) mass is 297 g/mol. The van der Waals surface area contributed by atoms with E-state index in [1.54, 1.807) is 6.20 Å². The molecule has 0 radical (unpaired) electrons. The van der Waals surface area contributed by atoms with Gasteiger partial charge in [-0.3, -0.25) is 4.90 Å². The molecule has 0 amide bonds. The predicted molar refractivity (Wildman–Crippen MR) is 82.6 cm³/mol. The van der Waals surface area contributed by atoms with E-state index in [1.165, 1.54) is 13.0 Å². The fourth-order valence-corrected chi connectivity index (χ4v) is 3.17. The van der Waals surface area contributed by atoms with Gasteiger partial charge in [-0.2, -0.15) is 0 Å². The number of nitrogens with zero attached hydrogens (tertiary/aromatic N) is 2. The number of rotatable bonds is 4. The molecule has 2 atom stereocenters. The SMILES string of the molecule is CC1(CN2CCC(Oc3ccccn3)C2)CCNC1.Cl. The van der Waals surface area contributed by atoms with Gasteiger partial charge in [0, 0.05) is 38.4 Å². The van der Waals surface area contributed by atoms with E-state index in [-0.39, 0.29) is 12.4 Å². The van der Waals surface area contributed by atoms with Crippen LogP contribution >= 0.6 is 12.4 Å². The molecule has 3 heterocycles. The second-order valence-corrected chi connectivity index (χ2v) is 6.17. The Morgan fingerprint density at radius 1 is 1.50 bits per heavy atom. The Labute approximate surface area is 127 Å². The maximum atomic E-state index is 5.93. The summed E-state index contributed by atoms with van der Waals surface area (Å²) in [5.74, 6) is 0.753. The van der Waals surface area contributed by atoms with Crippen LogP contribution < -0.4 is 10.1 Å². The van der Waals surface area contributed by atoms with Crippen LogP contribution in [-0.4, -0.2) is 48.7 Å². The van der Waals surface area contributed by atoms with Gasteiger partial charge in [-0.1, -0.05) is 13.0 Å². The molecule has 4 nitrogen and oxygen atoms in total. The zero-order valence-corrected chi connectivity index (χ0v) is 12.9. The summed E-state index contributed by atoms with van der Waals surface area (Å²) in [7, 11) is 0. The molecule has 20 heavy (non-hydrogen) atoms. The summed E-state index contributed by atoms with van der Waals surface area (Å²) < 4.78 is 5.93. The van der Waals surface area contributed by atoms with Gasteiger partial charge < -0.3 is 10.1 Å². The average Bonchev–Trinajstić information content (AvgIpc) is 3.01. The molecule has 112 valence electrons. The van der Waals surface area contributed by atoms with Crippen molar-refractivity contribution in [2.45, 2.75) is 25.9 Å². The van der Waals surface area contributed by atoms with E-state index in [0.29, 0.717) is 11.5 Å². The molecule has 0 bridgehead atoms. The molecule has 0 spiro atoms. The predicted octanol–water partition coefficient (Wildman–Crippen LogP) is 1.96. The smallest absolute Gasteiger partial charge is 0.213 e. The maximum Gasteiger partial charge on any atom is 0.213 e. The topological polar surface area (TPSA) is 37.4 Å². The van der Waals surface area contributed by atoms with Crippen LogP contribution in [0.25, 0.3) is 0 Å². The molecule has 1 aromatic heterocycles. The quantitative estimate of drug-likeness (QED) is 0.922. The summed E-state index contributed by atoms with van der Waals surface area (Å²) in [5, 5.41) is 3.47. The largest absolute Gasteiger partial charge is 0.473 e. The number of hydrogen-bond acceptors (Lipinski definition) is 4. The Kier molecular flexibility index (Phi) is 5.24. The van der Waals surface area contributed by atoms with Gasteiger partial charge in [0.05, 0.1) is 0 Å². The third-order valence-corrected chi connectivity index (χ3v) is 4.22. The zero-order chi connectivity index (χ0) is 13.1. The molecule has 2 fully saturated rings. The Hall–Kier alpha value is -0.840. The van der Waals surface area contributed by atoms with E-state index in [9.17, 15) is 0 Å². The van der Waals surface area contributed by atoms with Gasteiger partial charge in [-0.05, 0) is 30.9 Å². The number of aromatic nitrogens is 1.